The number of ether oxygens (including phenoxy) is 4. The molecule has 0 saturated heterocycles. The Labute approximate surface area is 607 Å². The molecule has 0 aromatic heterocycles. The van der Waals surface area contributed by atoms with Crippen molar-refractivity contribution in [1.29, 1.82) is 0 Å². The van der Waals surface area contributed by atoms with E-state index < -0.39 is 97.5 Å². The van der Waals surface area contributed by atoms with Gasteiger partial charge in [-0.2, -0.15) is 0 Å². The molecule has 17 nitrogen and oxygen atoms in total. The van der Waals surface area contributed by atoms with Crippen LogP contribution < -0.4 is 0 Å². The molecule has 0 heterocycles. The van der Waals surface area contributed by atoms with Crippen molar-refractivity contribution in [3.63, 3.8) is 0 Å². The van der Waals surface area contributed by atoms with Crippen molar-refractivity contribution in [2.45, 2.75) is 433 Å². The quantitative estimate of drug-likeness (QED) is 0.0222. The van der Waals surface area contributed by atoms with E-state index in [4.69, 9.17) is 37.0 Å². The molecule has 0 amide bonds. The first-order valence-corrected chi connectivity index (χ1v) is 44.4. The van der Waals surface area contributed by atoms with Crippen molar-refractivity contribution in [1.82, 2.24) is 0 Å². The van der Waals surface area contributed by atoms with Crippen LogP contribution in [0.25, 0.3) is 0 Å². The van der Waals surface area contributed by atoms with Crippen molar-refractivity contribution in [2.75, 3.05) is 39.6 Å². The fourth-order valence-corrected chi connectivity index (χ4v) is 13.9. The monoisotopic (exact) mass is 1450 g/mol. The molecule has 3 N–H and O–H groups in total. The van der Waals surface area contributed by atoms with Gasteiger partial charge >= 0.3 is 39.5 Å². The van der Waals surface area contributed by atoms with E-state index in [0.29, 0.717) is 31.6 Å². The van der Waals surface area contributed by atoms with Crippen LogP contribution in [-0.2, 0) is 65.4 Å². The van der Waals surface area contributed by atoms with Gasteiger partial charge in [-0.3, -0.25) is 37.3 Å². The number of esters is 4. The van der Waals surface area contributed by atoms with Gasteiger partial charge in [-0.1, -0.05) is 363 Å². The van der Waals surface area contributed by atoms with Crippen LogP contribution in [0.4, 0.5) is 0 Å². The maximum Gasteiger partial charge on any atom is 0.472 e. The molecular weight excluding hydrogens is 1290 g/mol. The normalized spacial score (nSPS) is 14.3. The molecule has 0 bridgehead atoms. The van der Waals surface area contributed by atoms with E-state index in [-0.39, 0.29) is 25.7 Å². The van der Waals surface area contributed by atoms with Crippen LogP contribution in [0.15, 0.2) is 0 Å². The van der Waals surface area contributed by atoms with Gasteiger partial charge in [-0.25, -0.2) is 9.13 Å². The summed E-state index contributed by atoms with van der Waals surface area (Å²) in [5, 5.41) is 10.6. The fraction of sp³-hybridized carbons (Fsp3) is 0.950. The number of hydrogen-bond donors (Lipinski definition) is 3. The number of rotatable bonds is 78. The Kier molecular flexibility index (Phi) is 69.0. The Balaban J connectivity index is 5.22. The lowest BCUT2D eigenvalue weighted by atomic mass is 9.99. The van der Waals surface area contributed by atoms with Crippen molar-refractivity contribution < 1.29 is 80.2 Å². The molecule has 0 aliphatic heterocycles. The second-order valence-electron chi connectivity index (χ2n) is 30.0. The number of phosphoric ester groups is 2. The fourth-order valence-electron chi connectivity index (χ4n) is 12.3. The average molecular weight is 1450 g/mol. The van der Waals surface area contributed by atoms with Crippen molar-refractivity contribution >= 4 is 39.5 Å². The molecule has 3 unspecified atom stereocenters. The zero-order valence-electron chi connectivity index (χ0n) is 65.0. The Hall–Kier alpha value is -1.94. The van der Waals surface area contributed by atoms with E-state index in [1.807, 2.05) is 0 Å². The number of carbonyl (C=O) groups is 4. The Morgan fingerprint density at radius 1 is 0.293 bits per heavy atom. The first-order valence-electron chi connectivity index (χ1n) is 41.4. The lowest BCUT2D eigenvalue weighted by Crippen LogP contribution is -2.30. The molecule has 6 atom stereocenters. The molecule has 0 spiro atoms. The van der Waals surface area contributed by atoms with Gasteiger partial charge in [0, 0.05) is 25.7 Å². The molecule has 588 valence electrons. The molecule has 0 aliphatic carbocycles. The van der Waals surface area contributed by atoms with Crippen molar-refractivity contribution in [3.8, 4) is 0 Å². The average Bonchev–Trinajstić information content (AvgIpc) is 1.01. The maximum atomic E-state index is 13.1. The third-order valence-corrected chi connectivity index (χ3v) is 20.9. The summed E-state index contributed by atoms with van der Waals surface area (Å²) < 4.78 is 68.6. The summed E-state index contributed by atoms with van der Waals surface area (Å²) >= 11 is 0. The number of carbonyl (C=O) groups excluding carboxylic acids is 4. The van der Waals surface area contributed by atoms with Crippen LogP contribution in [0, 0.1) is 17.8 Å². The molecule has 0 fully saturated rings. The second-order valence-corrected chi connectivity index (χ2v) is 32.9. The summed E-state index contributed by atoms with van der Waals surface area (Å²) in [7, 11) is -9.92. The third kappa shape index (κ3) is 72.8. The topological polar surface area (TPSA) is 237 Å². The number of hydrogen-bond acceptors (Lipinski definition) is 15. The molecule has 0 aliphatic rings. The smallest absolute Gasteiger partial charge is 0.462 e. The zero-order chi connectivity index (χ0) is 73.0. The molecule has 99 heavy (non-hydrogen) atoms. The second kappa shape index (κ2) is 70.4. The first kappa shape index (κ1) is 97.1. The molecule has 0 aromatic carbocycles. The predicted molar refractivity (Wildman–Crippen MR) is 405 cm³/mol. The minimum atomic E-state index is -4.96. The lowest BCUT2D eigenvalue weighted by molar-refractivity contribution is -0.161. The van der Waals surface area contributed by atoms with Gasteiger partial charge in [-0.05, 0) is 43.4 Å². The summed E-state index contributed by atoms with van der Waals surface area (Å²) in [6.07, 6.45) is 58.5. The number of aliphatic hydroxyl groups is 1. The standard InChI is InChI=1S/C80H156O17P2/c1-8-10-11-12-13-14-15-16-17-18-19-20-21-22-27-30-33-41-49-56-63-79(84)96-75(67-90-77(82)61-54-47-40-32-29-26-24-23-25-28-31-39-46-53-60-73(7)9-2)69-94-98(86,87)92-65-74(81)66-93-99(88,89)95-70-76(68-91-78(83)62-55-48-43-36-38-45-52-59-72(5)6)97-80(85)64-57-50-42-35-34-37-44-51-58-71(3)4/h71-76,81H,8-70H2,1-7H3,(H,86,87)(H,88,89)/t73?,74-,75-,76-/m1/s1. The highest BCUT2D eigenvalue weighted by Crippen LogP contribution is 2.45. The summed E-state index contributed by atoms with van der Waals surface area (Å²) in [6, 6.07) is 0. The minimum Gasteiger partial charge on any atom is -0.462 e. The molecule has 0 rings (SSSR count). The highest BCUT2D eigenvalue weighted by atomic mass is 31.2. The van der Waals surface area contributed by atoms with Gasteiger partial charge < -0.3 is 33.8 Å². The van der Waals surface area contributed by atoms with E-state index in [1.165, 1.54) is 218 Å². The highest BCUT2D eigenvalue weighted by molar-refractivity contribution is 7.47. The first-order chi connectivity index (χ1) is 47.8. The van der Waals surface area contributed by atoms with Crippen LogP contribution in [0.1, 0.15) is 414 Å². The van der Waals surface area contributed by atoms with E-state index >= 15 is 0 Å². The zero-order valence-corrected chi connectivity index (χ0v) is 66.8. The van der Waals surface area contributed by atoms with Crippen LogP contribution in [0.2, 0.25) is 0 Å². The number of aliphatic hydroxyl groups excluding tert-OH is 1. The third-order valence-electron chi connectivity index (χ3n) is 19.0. The van der Waals surface area contributed by atoms with E-state index in [9.17, 15) is 43.2 Å². The Morgan fingerprint density at radius 3 is 0.768 bits per heavy atom. The molecule has 19 heteroatoms. The van der Waals surface area contributed by atoms with Gasteiger partial charge in [0.1, 0.15) is 19.3 Å². The van der Waals surface area contributed by atoms with E-state index in [1.54, 1.807) is 0 Å². The largest absolute Gasteiger partial charge is 0.472 e. The van der Waals surface area contributed by atoms with Crippen molar-refractivity contribution in [3.05, 3.63) is 0 Å². The molecule has 0 aromatic rings. The van der Waals surface area contributed by atoms with Gasteiger partial charge in [0.05, 0.1) is 26.4 Å². The Bertz CT molecular complexity index is 1920. The van der Waals surface area contributed by atoms with Crippen LogP contribution >= 0.6 is 15.6 Å². The van der Waals surface area contributed by atoms with Gasteiger partial charge in [0.25, 0.3) is 0 Å². The molecule has 0 radical (unpaired) electrons. The van der Waals surface area contributed by atoms with Crippen LogP contribution in [0.3, 0.4) is 0 Å². The molecular formula is C80H156O17P2. The molecule has 0 saturated carbocycles. The summed E-state index contributed by atoms with van der Waals surface area (Å²) in [5.41, 5.74) is 0. The minimum absolute atomic E-state index is 0.104. The Morgan fingerprint density at radius 2 is 0.515 bits per heavy atom. The summed E-state index contributed by atoms with van der Waals surface area (Å²) in [4.78, 5) is 72.9. The predicted octanol–water partition coefficient (Wildman–Crippen LogP) is 23.7. The SMILES string of the molecule is CCCCCCCCCCCCCCCCCCCCCCC(=O)O[C@H](COC(=O)CCCCCCCCCCCCCCCCC(C)CC)COP(=O)(O)OC[C@@H](O)COP(=O)(O)OC[C@@H](COC(=O)CCCCCCCCCC(C)C)OC(=O)CCCCCCCCCCC(C)C. The van der Waals surface area contributed by atoms with Gasteiger partial charge in [0.15, 0.2) is 12.2 Å². The summed E-state index contributed by atoms with van der Waals surface area (Å²) in [6.45, 7) is 11.9. The number of phosphoric acid groups is 2. The van der Waals surface area contributed by atoms with Crippen molar-refractivity contribution in [2.24, 2.45) is 17.8 Å². The lowest BCUT2D eigenvalue weighted by Gasteiger charge is -2.21. The van der Waals surface area contributed by atoms with Crippen LogP contribution in [0.5, 0.6) is 0 Å². The highest BCUT2D eigenvalue weighted by Gasteiger charge is 2.30. The van der Waals surface area contributed by atoms with Crippen LogP contribution in [-0.4, -0.2) is 96.7 Å². The van der Waals surface area contributed by atoms with Gasteiger partial charge in [-0.15, -0.1) is 0 Å². The number of unbranched alkanes of at least 4 members (excludes halogenated alkanes) is 45. The maximum absolute atomic E-state index is 13.1. The van der Waals surface area contributed by atoms with E-state index in [0.717, 1.165) is 108 Å². The van der Waals surface area contributed by atoms with Gasteiger partial charge in [0.2, 0.25) is 0 Å². The summed E-state index contributed by atoms with van der Waals surface area (Å²) in [5.74, 6) is 0.157. The van der Waals surface area contributed by atoms with E-state index in [2.05, 4.69) is 48.5 Å².